The molecule has 0 aliphatic rings. The van der Waals surface area contributed by atoms with Crippen molar-refractivity contribution in [3.05, 3.63) is 35.7 Å². The Balaban J connectivity index is 1.85. The Morgan fingerprint density at radius 2 is 2.11 bits per heavy atom. The van der Waals surface area contributed by atoms with E-state index in [1.807, 2.05) is 24.3 Å². The molecule has 18 heavy (non-hydrogen) atoms. The Bertz CT molecular complexity index is 493. The molecule has 0 aliphatic carbocycles. The van der Waals surface area contributed by atoms with Crippen LogP contribution in [0.15, 0.2) is 24.3 Å². The van der Waals surface area contributed by atoms with Gasteiger partial charge in [0.25, 0.3) is 0 Å². The van der Waals surface area contributed by atoms with Gasteiger partial charge in [0.2, 0.25) is 5.82 Å². The number of carbonyl (C=O) groups is 1. The Morgan fingerprint density at radius 3 is 2.72 bits per heavy atom. The van der Waals surface area contributed by atoms with Gasteiger partial charge in [-0.3, -0.25) is 0 Å². The average Bonchev–Trinajstić information content (AvgIpc) is 2.88. The molecule has 0 aliphatic heterocycles. The standard InChI is InChI=1S/C12H14N4O2/c1-9(17)2-3-10-4-6-11(7-5-10)18-8-12-13-15-16-14-12/h4-7H,2-3,8H2,1H3,(H,13,14,15,16). The third-order valence-corrected chi connectivity index (χ3v) is 2.45. The van der Waals surface area contributed by atoms with Crippen LogP contribution in [-0.4, -0.2) is 26.4 Å². The lowest BCUT2D eigenvalue weighted by Crippen LogP contribution is -1.98. The molecule has 0 fully saturated rings. The summed E-state index contributed by atoms with van der Waals surface area (Å²) in [6.45, 7) is 1.88. The first-order valence-corrected chi connectivity index (χ1v) is 5.67. The van der Waals surface area contributed by atoms with Gasteiger partial charge >= 0.3 is 0 Å². The smallest absolute Gasteiger partial charge is 0.211 e. The van der Waals surface area contributed by atoms with Crippen LogP contribution in [0.1, 0.15) is 24.7 Å². The van der Waals surface area contributed by atoms with Crippen molar-refractivity contribution in [3.63, 3.8) is 0 Å². The minimum atomic E-state index is 0.201. The molecule has 0 atom stereocenters. The van der Waals surface area contributed by atoms with Crippen molar-refractivity contribution in [2.24, 2.45) is 0 Å². The van der Waals surface area contributed by atoms with Crippen LogP contribution in [-0.2, 0) is 17.8 Å². The molecule has 1 heterocycles. The number of hydrogen-bond acceptors (Lipinski definition) is 5. The van der Waals surface area contributed by atoms with Gasteiger partial charge in [0.15, 0.2) is 6.61 Å². The van der Waals surface area contributed by atoms with Crippen LogP contribution in [0.3, 0.4) is 0 Å². The number of ether oxygens (including phenoxy) is 1. The molecule has 6 nitrogen and oxygen atoms in total. The monoisotopic (exact) mass is 246 g/mol. The van der Waals surface area contributed by atoms with Crippen molar-refractivity contribution in [3.8, 4) is 5.75 Å². The number of tetrazole rings is 1. The third kappa shape index (κ3) is 3.65. The van der Waals surface area contributed by atoms with Crippen LogP contribution in [0.4, 0.5) is 0 Å². The second-order valence-electron chi connectivity index (χ2n) is 3.96. The topological polar surface area (TPSA) is 80.8 Å². The number of rotatable bonds is 6. The molecule has 0 unspecified atom stereocenters. The van der Waals surface area contributed by atoms with Crippen molar-refractivity contribution in [2.45, 2.75) is 26.4 Å². The number of nitrogens with zero attached hydrogens (tertiary/aromatic N) is 3. The van der Waals surface area contributed by atoms with E-state index in [0.29, 0.717) is 12.2 Å². The summed E-state index contributed by atoms with van der Waals surface area (Å²) in [5, 5.41) is 13.4. The molecule has 94 valence electrons. The third-order valence-electron chi connectivity index (χ3n) is 2.45. The number of aromatic nitrogens is 4. The minimum absolute atomic E-state index is 0.201. The van der Waals surface area contributed by atoms with Gasteiger partial charge in [-0.25, -0.2) is 0 Å². The molecule has 1 N–H and O–H groups in total. The van der Waals surface area contributed by atoms with E-state index in [0.717, 1.165) is 17.7 Å². The second-order valence-corrected chi connectivity index (χ2v) is 3.96. The van der Waals surface area contributed by atoms with Crippen LogP contribution < -0.4 is 4.74 Å². The highest BCUT2D eigenvalue weighted by atomic mass is 16.5. The van der Waals surface area contributed by atoms with Crippen LogP contribution in [0, 0.1) is 0 Å². The first-order valence-electron chi connectivity index (χ1n) is 5.67. The molecule has 0 amide bonds. The fourth-order valence-corrected chi connectivity index (χ4v) is 1.46. The number of aryl methyl sites for hydroxylation is 1. The molecule has 2 aromatic rings. The van der Waals surface area contributed by atoms with Crippen molar-refractivity contribution in [1.29, 1.82) is 0 Å². The predicted octanol–water partition coefficient (Wildman–Crippen LogP) is 1.30. The van der Waals surface area contributed by atoms with Crippen LogP contribution in [0.2, 0.25) is 0 Å². The van der Waals surface area contributed by atoms with Gasteiger partial charge < -0.3 is 9.53 Å². The van der Waals surface area contributed by atoms with E-state index in [1.165, 1.54) is 0 Å². The zero-order valence-corrected chi connectivity index (χ0v) is 10.1. The number of Topliss-reactive ketones (excluding diaryl/α,β-unsaturated/α-hetero) is 1. The highest BCUT2D eigenvalue weighted by molar-refractivity contribution is 5.75. The molecule has 1 aromatic heterocycles. The van der Waals surface area contributed by atoms with Gasteiger partial charge in [0.05, 0.1) is 0 Å². The van der Waals surface area contributed by atoms with Crippen LogP contribution in [0.5, 0.6) is 5.75 Å². The predicted molar refractivity (Wildman–Crippen MR) is 64.0 cm³/mol. The van der Waals surface area contributed by atoms with Crippen LogP contribution in [0.25, 0.3) is 0 Å². The van der Waals surface area contributed by atoms with E-state index in [-0.39, 0.29) is 12.4 Å². The number of ketones is 1. The highest BCUT2D eigenvalue weighted by Gasteiger charge is 2.01. The van der Waals surface area contributed by atoms with Crippen molar-refractivity contribution >= 4 is 5.78 Å². The van der Waals surface area contributed by atoms with E-state index in [9.17, 15) is 4.79 Å². The normalized spacial score (nSPS) is 10.3. The van der Waals surface area contributed by atoms with Crippen molar-refractivity contribution in [1.82, 2.24) is 20.6 Å². The van der Waals surface area contributed by atoms with Gasteiger partial charge in [-0.2, -0.15) is 5.21 Å². The number of benzene rings is 1. The van der Waals surface area contributed by atoms with Crippen LogP contribution >= 0.6 is 0 Å². The lowest BCUT2D eigenvalue weighted by molar-refractivity contribution is -0.116. The Kier molecular flexibility index (Phi) is 4.01. The quantitative estimate of drug-likeness (QED) is 0.830. The number of carbonyl (C=O) groups excluding carboxylic acids is 1. The van der Waals surface area contributed by atoms with Gasteiger partial charge in [0.1, 0.15) is 11.5 Å². The number of H-pyrrole nitrogens is 1. The summed E-state index contributed by atoms with van der Waals surface area (Å²) in [6.07, 6.45) is 1.34. The summed E-state index contributed by atoms with van der Waals surface area (Å²) in [7, 11) is 0. The Morgan fingerprint density at radius 1 is 1.33 bits per heavy atom. The maximum atomic E-state index is 10.9. The van der Waals surface area contributed by atoms with Crippen molar-refractivity contribution < 1.29 is 9.53 Å². The second kappa shape index (κ2) is 5.90. The van der Waals surface area contributed by atoms with E-state index in [4.69, 9.17) is 4.74 Å². The van der Waals surface area contributed by atoms with Gasteiger partial charge in [-0.05, 0) is 31.0 Å². The Hall–Kier alpha value is -2.24. The zero-order valence-electron chi connectivity index (χ0n) is 10.1. The SMILES string of the molecule is CC(=O)CCc1ccc(OCc2nn[nH]n2)cc1. The first-order chi connectivity index (χ1) is 8.74. The molecule has 6 heteroatoms. The number of nitrogens with one attached hydrogen (secondary N) is 1. The largest absolute Gasteiger partial charge is 0.485 e. The maximum Gasteiger partial charge on any atom is 0.211 e. The fourth-order valence-electron chi connectivity index (χ4n) is 1.46. The van der Waals surface area contributed by atoms with Crippen molar-refractivity contribution in [2.75, 3.05) is 0 Å². The average molecular weight is 246 g/mol. The lowest BCUT2D eigenvalue weighted by Gasteiger charge is -2.04. The summed E-state index contributed by atoms with van der Waals surface area (Å²) in [5.41, 5.74) is 1.12. The number of hydrogen-bond donors (Lipinski definition) is 1. The van der Waals surface area contributed by atoms with E-state index in [1.54, 1.807) is 6.92 Å². The lowest BCUT2D eigenvalue weighted by atomic mass is 10.1. The van der Waals surface area contributed by atoms with Gasteiger partial charge in [-0.15, -0.1) is 10.2 Å². The number of aromatic amines is 1. The molecular weight excluding hydrogens is 232 g/mol. The summed E-state index contributed by atoms with van der Waals surface area (Å²) in [4.78, 5) is 10.9. The summed E-state index contributed by atoms with van der Waals surface area (Å²) in [5.74, 6) is 1.45. The molecule has 0 saturated heterocycles. The summed E-state index contributed by atoms with van der Waals surface area (Å²) in [6, 6.07) is 7.65. The van der Waals surface area contributed by atoms with E-state index < -0.39 is 0 Å². The summed E-state index contributed by atoms with van der Waals surface area (Å²) < 4.78 is 5.48. The van der Waals surface area contributed by atoms with E-state index >= 15 is 0 Å². The maximum absolute atomic E-state index is 10.9. The Labute approximate surface area is 104 Å². The summed E-state index contributed by atoms with van der Waals surface area (Å²) >= 11 is 0. The molecule has 0 bridgehead atoms. The van der Waals surface area contributed by atoms with Gasteiger partial charge in [-0.1, -0.05) is 17.3 Å². The molecule has 0 spiro atoms. The molecular formula is C12H14N4O2. The minimum Gasteiger partial charge on any atom is -0.485 e. The zero-order chi connectivity index (χ0) is 12.8. The first kappa shape index (κ1) is 12.2. The molecule has 1 aromatic carbocycles. The molecule has 0 saturated carbocycles. The molecule has 2 rings (SSSR count). The molecule has 0 radical (unpaired) electrons. The fraction of sp³-hybridized carbons (Fsp3) is 0.333. The van der Waals surface area contributed by atoms with E-state index in [2.05, 4.69) is 20.6 Å². The highest BCUT2D eigenvalue weighted by Crippen LogP contribution is 2.14. The van der Waals surface area contributed by atoms with Gasteiger partial charge in [0, 0.05) is 6.42 Å².